The van der Waals surface area contributed by atoms with Crippen molar-refractivity contribution in [2.24, 2.45) is 11.7 Å². The monoisotopic (exact) mass is 221 g/mol. The summed E-state index contributed by atoms with van der Waals surface area (Å²) in [7, 11) is -1.78. The van der Waals surface area contributed by atoms with Crippen LogP contribution in [0.25, 0.3) is 0 Å². The first-order valence-corrected chi connectivity index (χ1v) is 6.43. The lowest BCUT2D eigenvalue weighted by molar-refractivity contribution is 0.256. The molecule has 0 aliphatic carbocycles. The smallest absolute Gasteiger partial charge is 0.279 e. The fourth-order valence-corrected chi connectivity index (χ4v) is 2.88. The van der Waals surface area contributed by atoms with E-state index in [2.05, 4.69) is 4.72 Å². The second-order valence-electron chi connectivity index (χ2n) is 3.65. The molecule has 5 nitrogen and oxygen atoms in total. The number of nitrogens with zero attached hydrogens (tertiary/aromatic N) is 1. The van der Waals surface area contributed by atoms with Crippen molar-refractivity contribution in [3.8, 4) is 0 Å². The van der Waals surface area contributed by atoms with Crippen molar-refractivity contribution in [2.45, 2.75) is 19.3 Å². The molecule has 0 radical (unpaired) electrons. The highest BCUT2D eigenvalue weighted by atomic mass is 32.2. The molecule has 1 saturated heterocycles. The zero-order valence-electron chi connectivity index (χ0n) is 8.57. The molecule has 1 atom stereocenters. The summed E-state index contributed by atoms with van der Waals surface area (Å²) in [6.07, 6.45) is 2.94. The summed E-state index contributed by atoms with van der Waals surface area (Å²) in [4.78, 5) is 0. The highest BCUT2D eigenvalue weighted by Crippen LogP contribution is 2.20. The van der Waals surface area contributed by atoms with Gasteiger partial charge in [-0.05, 0) is 31.7 Å². The quantitative estimate of drug-likeness (QED) is 0.673. The molecule has 0 amide bonds. The van der Waals surface area contributed by atoms with Crippen LogP contribution >= 0.6 is 0 Å². The first-order chi connectivity index (χ1) is 6.60. The van der Waals surface area contributed by atoms with Crippen LogP contribution in [0.2, 0.25) is 0 Å². The lowest BCUT2D eigenvalue weighted by Crippen LogP contribution is -2.45. The van der Waals surface area contributed by atoms with Gasteiger partial charge in [0.1, 0.15) is 0 Å². The Balaban J connectivity index is 2.56. The van der Waals surface area contributed by atoms with Crippen LogP contribution < -0.4 is 10.5 Å². The van der Waals surface area contributed by atoms with Crippen molar-refractivity contribution < 1.29 is 8.42 Å². The molecule has 84 valence electrons. The maximum Gasteiger partial charge on any atom is 0.279 e. The predicted molar refractivity (Wildman–Crippen MR) is 55.9 cm³/mol. The lowest BCUT2D eigenvalue weighted by Gasteiger charge is -2.31. The van der Waals surface area contributed by atoms with Crippen LogP contribution in [0.4, 0.5) is 0 Å². The second kappa shape index (κ2) is 5.06. The highest BCUT2D eigenvalue weighted by Gasteiger charge is 2.26. The summed E-state index contributed by atoms with van der Waals surface area (Å²) in [6.45, 7) is 1.88. The van der Waals surface area contributed by atoms with Gasteiger partial charge in [-0.2, -0.15) is 12.7 Å². The highest BCUT2D eigenvalue weighted by molar-refractivity contribution is 7.87. The maximum absolute atomic E-state index is 11.5. The second-order valence-corrected chi connectivity index (χ2v) is 5.53. The maximum atomic E-state index is 11.5. The minimum absolute atomic E-state index is 0.428. The van der Waals surface area contributed by atoms with Gasteiger partial charge in [-0.25, -0.2) is 4.72 Å². The van der Waals surface area contributed by atoms with Gasteiger partial charge in [0.15, 0.2) is 0 Å². The fourth-order valence-electron chi connectivity index (χ4n) is 1.85. The van der Waals surface area contributed by atoms with Crippen LogP contribution in [0.5, 0.6) is 0 Å². The van der Waals surface area contributed by atoms with E-state index in [0.717, 1.165) is 19.3 Å². The molecule has 1 aliphatic rings. The number of hydrogen-bond donors (Lipinski definition) is 2. The lowest BCUT2D eigenvalue weighted by atomic mass is 9.96. The van der Waals surface area contributed by atoms with Crippen molar-refractivity contribution in [3.63, 3.8) is 0 Å². The molecule has 1 aliphatic heterocycles. The van der Waals surface area contributed by atoms with Gasteiger partial charge in [-0.1, -0.05) is 0 Å². The minimum atomic E-state index is -3.23. The Kier molecular flexibility index (Phi) is 4.31. The molecular weight excluding hydrogens is 202 g/mol. The first-order valence-electron chi connectivity index (χ1n) is 4.99. The molecule has 1 heterocycles. The molecule has 3 N–H and O–H groups in total. The molecule has 1 unspecified atom stereocenters. The van der Waals surface area contributed by atoms with E-state index in [4.69, 9.17) is 5.73 Å². The van der Waals surface area contributed by atoms with E-state index in [1.807, 2.05) is 0 Å². The molecule has 0 spiro atoms. The molecule has 14 heavy (non-hydrogen) atoms. The Labute approximate surface area is 85.8 Å². The summed E-state index contributed by atoms with van der Waals surface area (Å²) >= 11 is 0. The molecular formula is C8H19N3O2S. The predicted octanol–water partition coefficient (Wildman–Crippen LogP) is -0.489. The number of nitrogens with one attached hydrogen (secondary N) is 1. The van der Waals surface area contributed by atoms with Gasteiger partial charge in [-0.3, -0.25) is 0 Å². The number of nitrogens with two attached hydrogens (primary N) is 1. The third-order valence-electron chi connectivity index (χ3n) is 2.65. The average Bonchev–Trinajstić information content (AvgIpc) is 2.19. The van der Waals surface area contributed by atoms with Gasteiger partial charge in [-0.15, -0.1) is 0 Å². The molecule has 1 rings (SSSR count). The zero-order chi connectivity index (χ0) is 10.6. The van der Waals surface area contributed by atoms with Crippen LogP contribution in [0, 0.1) is 5.92 Å². The molecule has 0 aromatic heterocycles. The summed E-state index contributed by atoms with van der Waals surface area (Å²) in [5.74, 6) is 0.428. The molecule has 0 aromatic carbocycles. The Hall–Kier alpha value is -0.170. The van der Waals surface area contributed by atoms with Gasteiger partial charge in [0, 0.05) is 20.1 Å². The number of rotatable bonds is 4. The molecule has 1 fully saturated rings. The van der Waals surface area contributed by atoms with E-state index >= 15 is 0 Å². The fraction of sp³-hybridized carbons (Fsp3) is 1.00. The summed E-state index contributed by atoms with van der Waals surface area (Å²) < 4.78 is 26.8. The normalized spacial score (nSPS) is 25.1. The Bertz CT molecular complexity index is 264. The summed E-state index contributed by atoms with van der Waals surface area (Å²) in [5, 5.41) is 0. The summed E-state index contributed by atoms with van der Waals surface area (Å²) in [5.41, 5.74) is 5.46. The topological polar surface area (TPSA) is 75.4 Å². The van der Waals surface area contributed by atoms with E-state index in [1.165, 1.54) is 11.4 Å². The van der Waals surface area contributed by atoms with Gasteiger partial charge in [0.05, 0.1) is 0 Å². The standard InChI is InChI=1S/C8H19N3O2S/c1-10-14(12,13)11-6-2-3-8(7-11)4-5-9/h8,10H,2-7,9H2,1H3. The van der Waals surface area contributed by atoms with Crippen LogP contribution in [-0.2, 0) is 10.2 Å². The van der Waals surface area contributed by atoms with Crippen molar-refractivity contribution in [2.75, 3.05) is 26.7 Å². The molecule has 0 aromatic rings. The van der Waals surface area contributed by atoms with Crippen molar-refractivity contribution >= 4 is 10.2 Å². The zero-order valence-corrected chi connectivity index (χ0v) is 9.39. The van der Waals surface area contributed by atoms with Crippen molar-refractivity contribution in [1.29, 1.82) is 0 Å². The van der Waals surface area contributed by atoms with E-state index in [0.29, 0.717) is 25.6 Å². The van der Waals surface area contributed by atoms with Gasteiger partial charge >= 0.3 is 0 Å². The van der Waals surface area contributed by atoms with Crippen molar-refractivity contribution in [3.05, 3.63) is 0 Å². The molecule has 6 heteroatoms. The molecule has 0 bridgehead atoms. The largest absolute Gasteiger partial charge is 0.330 e. The van der Waals surface area contributed by atoms with Crippen LogP contribution in [0.15, 0.2) is 0 Å². The third kappa shape index (κ3) is 2.91. The van der Waals surface area contributed by atoms with Crippen LogP contribution in [0.1, 0.15) is 19.3 Å². The number of piperidine rings is 1. The van der Waals surface area contributed by atoms with E-state index < -0.39 is 10.2 Å². The van der Waals surface area contributed by atoms with Crippen LogP contribution in [0.3, 0.4) is 0 Å². The Morgan fingerprint density at radius 3 is 2.86 bits per heavy atom. The minimum Gasteiger partial charge on any atom is -0.330 e. The average molecular weight is 221 g/mol. The Morgan fingerprint density at radius 2 is 2.29 bits per heavy atom. The van der Waals surface area contributed by atoms with Gasteiger partial charge in [0.2, 0.25) is 0 Å². The molecule has 0 saturated carbocycles. The van der Waals surface area contributed by atoms with Gasteiger partial charge < -0.3 is 5.73 Å². The van der Waals surface area contributed by atoms with Crippen molar-refractivity contribution in [1.82, 2.24) is 9.03 Å². The Morgan fingerprint density at radius 1 is 1.57 bits per heavy atom. The van der Waals surface area contributed by atoms with E-state index in [1.54, 1.807) is 0 Å². The van der Waals surface area contributed by atoms with Crippen LogP contribution in [-0.4, -0.2) is 39.4 Å². The van der Waals surface area contributed by atoms with E-state index in [9.17, 15) is 8.42 Å². The SMILES string of the molecule is CNS(=O)(=O)N1CCCC(CCN)C1. The third-order valence-corrected chi connectivity index (χ3v) is 4.18. The van der Waals surface area contributed by atoms with Gasteiger partial charge in [0.25, 0.3) is 10.2 Å². The summed E-state index contributed by atoms with van der Waals surface area (Å²) in [6, 6.07) is 0. The van der Waals surface area contributed by atoms with E-state index in [-0.39, 0.29) is 0 Å². The first kappa shape index (κ1) is 11.9. The number of hydrogen-bond acceptors (Lipinski definition) is 3.